The fourth-order valence-corrected chi connectivity index (χ4v) is 1.89. The summed E-state index contributed by atoms with van der Waals surface area (Å²) in [6.45, 7) is 1.52. The zero-order chi connectivity index (χ0) is 11.9. The van der Waals surface area contributed by atoms with E-state index in [0.29, 0.717) is 10.3 Å². The van der Waals surface area contributed by atoms with E-state index in [1.807, 2.05) is 4.90 Å². The first-order valence-corrected chi connectivity index (χ1v) is 5.02. The van der Waals surface area contributed by atoms with Gasteiger partial charge < -0.3 is 22.1 Å². The van der Waals surface area contributed by atoms with Crippen molar-refractivity contribution in [1.29, 1.82) is 0 Å². The third-order valence-corrected chi connectivity index (χ3v) is 2.80. The van der Waals surface area contributed by atoms with E-state index in [2.05, 4.69) is 0 Å². The van der Waals surface area contributed by atoms with Crippen LogP contribution in [-0.4, -0.2) is 38.7 Å². The largest absolute Gasteiger partial charge is 0.394 e. The second-order valence-corrected chi connectivity index (χ2v) is 3.81. The number of hydrogen-bond donors (Lipinski definition) is 5. The molecule has 0 unspecified atom stereocenters. The van der Waals surface area contributed by atoms with Crippen molar-refractivity contribution in [2.45, 2.75) is 12.8 Å². The fraction of sp³-hybridized carbons (Fsp3) is 0.500. The smallest absolute Gasteiger partial charge is 0.181 e. The lowest BCUT2D eigenvalue weighted by Gasteiger charge is -2.37. The van der Waals surface area contributed by atoms with Crippen LogP contribution in [0.25, 0.3) is 0 Å². The number of rotatable bonds is 1. The molecule has 0 saturated carbocycles. The number of likely N-dealkylation sites (tertiary alicyclic amines) is 1. The Morgan fingerprint density at radius 3 is 2.00 bits per heavy atom. The molecular weight excluding hydrogens is 212 g/mol. The highest BCUT2D eigenvalue weighted by Crippen LogP contribution is 2.26. The van der Waals surface area contributed by atoms with Gasteiger partial charge in [-0.05, 0) is 12.8 Å². The van der Waals surface area contributed by atoms with Crippen LogP contribution >= 0.6 is 0 Å². The molecule has 16 heavy (non-hydrogen) atoms. The maximum absolute atomic E-state index is 9.72. The summed E-state index contributed by atoms with van der Waals surface area (Å²) in [5.74, 6) is 0.0784. The third-order valence-electron chi connectivity index (χ3n) is 2.80. The molecule has 8 nitrogen and oxygen atoms in total. The summed E-state index contributed by atoms with van der Waals surface area (Å²) in [5, 5.41) is 20.1. The average molecular weight is 228 g/mol. The van der Waals surface area contributed by atoms with E-state index in [0.717, 1.165) is 25.9 Å². The van der Waals surface area contributed by atoms with Gasteiger partial charge in [-0.3, -0.25) is 10.4 Å². The van der Waals surface area contributed by atoms with Gasteiger partial charge in [0.05, 0.1) is 0 Å². The first kappa shape index (κ1) is 10.7. The lowest BCUT2D eigenvalue weighted by Crippen LogP contribution is -2.50. The maximum Gasteiger partial charge on any atom is 0.181 e. The van der Waals surface area contributed by atoms with E-state index in [9.17, 15) is 10.4 Å². The maximum atomic E-state index is 9.72. The minimum Gasteiger partial charge on any atom is -0.394 e. The minimum atomic E-state index is -0.192. The van der Waals surface area contributed by atoms with E-state index < -0.39 is 0 Å². The van der Waals surface area contributed by atoms with Crippen molar-refractivity contribution in [3.8, 4) is 0 Å². The number of hydroxylamine groups is 2. The number of nitrogens with zero attached hydrogens (tertiary/aromatic N) is 3. The predicted octanol–water partition coefficient (Wildman–Crippen LogP) is -1.39. The molecule has 0 spiro atoms. The highest BCUT2D eigenvalue weighted by atomic mass is 16.7. The standard InChI is InChI=1S/C8H16N6O2/c9-5-6(10)8(12-3-1-2-4-12)14(16)13(15)7(5)11/h15-16H,1-4,9-11H2. The third kappa shape index (κ3) is 1.39. The van der Waals surface area contributed by atoms with E-state index in [1.54, 1.807) is 0 Å². The molecule has 2 rings (SSSR count). The predicted molar refractivity (Wildman–Crippen MR) is 54.7 cm³/mol. The summed E-state index contributed by atoms with van der Waals surface area (Å²) in [6.07, 6.45) is 2.02. The van der Waals surface area contributed by atoms with Crippen LogP contribution in [0.4, 0.5) is 0 Å². The molecule has 2 heterocycles. The van der Waals surface area contributed by atoms with Crippen LogP contribution in [0.5, 0.6) is 0 Å². The summed E-state index contributed by atoms with van der Waals surface area (Å²) in [4.78, 5) is 1.85. The molecule has 0 aliphatic carbocycles. The van der Waals surface area contributed by atoms with E-state index in [-0.39, 0.29) is 23.0 Å². The Hall–Kier alpha value is -1.80. The van der Waals surface area contributed by atoms with Gasteiger partial charge in [0, 0.05) is 13.1 Å². The Labute approximate surface area is 92.7 Å². The van der Waals surface area contributed by atoms with E-state index >= 15 is 0 Å². The number of nitrogens with two attached hydrogens (primary N) is 3. The van der Waals surface area contributed by atoms with Crippen LogP contribution < -0.4 is 17.2 Å². The zero-order valence-corrected chi connectivity index (χ0v) is 8.80. The van der Waals surface area contributed by atoms with Crippen LogP contribution in [0.1, 0.15) is 12.8 Å². The van der Waals surface area contributed by atoms with Crippen molar-refractivity contribution in [2.75, 3.05) is 13.1 Å². The molecule has 2 aliphatic rings. The van der Waals surface area contributed by atoms with Crippen LogP contribution in [0.3, 0.4) is 0 Å². The highest BCUT2D eigenvalue weighted by Gasteiger charge is 2.32. The van der Waals surface area contributed by atoms with Crippen molar-refractivity contribution < 1.29 is 10.4 Å². The summed E-state index contributed by atoms with van der Waals surface area (Å²) >= 11 is 0. The quantitative estimate of drug-likeness (QED) is 0.371. The monoisotopic (exact) mass is 228 g/mol. The van der Waals surface area contributed by atoms with Gasteiger partial charge in [0.1, 0.15) is 11.4 Å². The SMILES string of the molecule is NC1=C(N)N(O)N(O)C(N2CCCC2)=C1N. The zero-order valence-electron chi connectivity index (χ0n) is 8.80. The summed E-state index contributed by atoms with van der Waals surface area (Å²) in [7, 11) is 0. The van der Waals surface area contributed by atoms with Crippen molar-refractivity contribution in [3.63, 3.8) is 0 Å². The highest BCUT2D eigenvalue weighted by molar-refractivity contribution is 5.34. The molecule has 8 heteroatoms. The molecule has 0 atom stereocenters. The Morgan fingerprint density at radius 2 is 1.44 bits per heavy atom. The molecule has 0 amide bonds. The fourth-order valence-electron chi connectivity index (χ4n) is 1.89. The van der Waals surface area contributed by atoms with Gasteiger partial charge in [-0.1, -0.05) is 0 Å². The van der Waals surface area contributed by atoms with Gasteiger partial charge in [0.15, 0.2) is 11.6 Å². The van der Waals surface area contributed by atoms with Crippen LogP contribution in [0, 0.1) is 0 Å². The van der Waals surface area contributed by atoms with Crippen LogP contribution in [0.15, 0.2) is 23.0 Å². The average Bonchev–Trinajstić information content (AvgIpc) is 2.77. The lowest BCUT2D eigenvalue weighted by atomic mass is 10.3. The van der Waals surface area contributed by atoms with Gasteiger partial charge in [0.25, 0.3) is 0 Å². The molecule has 8 N–H and O–H groups in total. The molecular formula is C8H16N6O2. The normalized spacial score (nSPS) is 22.5. The van der Waals surface area contributed by atoms with Crippen molar-refractivity contribution >= 4 is 0 Å². The Bertz CT molecular complexity index is 356. The number of hydrogen-bond acceptors (Lipinski definition) is 8. The minimum absolute atomic E-state index is 0.0645. The van der Waals surface area contributed by atoms with E-state index in [1.165, 1.54) is 0 Å². The van der Waals surface area contributed by atoms with E-state index in [4.69, 9.17) is 17.2 Å². The van der Waals surface area contributed by atoms with Gasteiger partial charge >= 0.3 is 0 Å². The first-order chi connectivity index (χ1) is 7.54. The Kier molecular flexibility index (Phi) is 2.44. The summed E-state index contributed by atoms with van der Waals surface area (Å²) in [5.41, 5.74) is 17.1. The van der Waals surface area contributed by atoms with Gasteiger partial charge in [-0.15, -0.1) is 10.3 Å². The summed E-state index contributed by atoms with van der Waals surface area (Å²) in [6, 6.07) is 0. The lowest BCUT2D eigenvalue weighted by molar-refractivity contribution is -0.340. The Balaban J connectivity index is 2.40. The topological polar surface area (TPSA) is 128 Å². The van der Waals surface area contributed by atoms with Crippen LogP contribution in [-0.2, 0) is 0 Å². The number of hydrazine groups is 1. The first-order valence-electron chi connectivity index (χ1n) is 5.02. The van der Waals surface area contributed by atoms with Crippen molar-refractivity contribution in [1.82, 2.24) is 15.2 Å². The van der Waals surface area contributed by atoms with Crippen LogP contribution in [0.2, 0.25) is 0 Å². The molecule has 0 aromatic carbocycles. The second-order valence-electron chi connectivity index (χ2n) is 3.81. The van der Waals surface area contributed by atoms with Crippen molar-refractivity contribution in [2.24, 2.45) is 17.2 Å². The molecule has 1 saturated heterocycles. The molecule has 90 valence electrons. The van der Waals surface area contributed by atoms with Crippen molar-refractivity contribution in [3.05, 3.63) is 23.0 Å². The second kappa shape index (κ2) is 3.65. The molecule has 0 bridgehead atoms. The van der Waals surface area contributed by atoms with Gasteiger partial charge in [-0.2, -0.15) is 0 Å². The molecule has 2 aliphatic heterocycles. The van der Waals surface area contributed by atoms with Gasteiger partial charge in [-0.25, -0.2) is 0 Å². The molecule has 1 fully saturated rings. The molecule has 0 aromatic heterocycles. The summed E-state index contributed by atoms with van der Waals surface area (Å²) < 4.78 is 0. The molecule has 0 aromatic rings. The van der Waals surface area contributed by atoms with Gasteiger partial charge in [0.2, 0.25) is 0 Å². The molecule has 0 radical (unpaired) electrons. The Morgan fingerprint density at radius 1 is 0.875 bits per heavy atom.